The standard InChI is InChI=1S/C9H11F3O2/c1-5-2-6(4-7(13)3-5)8(14)9(10,11)12/h5-6H,2-4H2,1H3. The third-order valence-corrected chi connectivity index (χ3v) is 2.39. The van der Waals surface area contributed by atoms with Gasteiger partial charge >= 0.3 is 6.18 Å². The summed E-state index contributed by atoms with van der Waals surface area (Å²) in [7, 11) is 0. The maximum absolute atomic E-state index is 12.0. The molecule has 80 valence electrons. The van der Waals surface area contributed by atoms with E-state index >= 15 is 0 Å². The summed E-state index contributed by atoms with van der Waals surface area (Å²) in [5.41, 5.74) is 0. The van der Waals surface area contributed by atoms with E-state index in [1.807, 2.05) is 0 Å². The summed E-state index contributed by atoms with van der Waals surface area (Å²) in [6, 6.07) is 0. The Hall–Kier alpha value is -0.870. The number of hydrogen-bond acceptors (Lipinski definition) is 2. The van der Waals surface area contributed by atoms with Crippen molar-refractivity contribution in [2.75, 3.05) is 0 Å². The number of halogens is 3. The van der Waals surface area contributed by atoms with E-state index in [0.717, 1.165) is 0 Å². The van der Waals surface area contributed by atoms with Gasteiger partial charge in [-0.1, -0.05) is 6.92 Å². The van der Waals surface area contributed by atoms with Gasteiger partial charge in [-0.25, -0.2) is 0 Å². The van der Waals surface area contributed by atoms with Crippen LogP contribution in [0.1, 0.15) is 26.2 Å². The lowest BCUT2D eigenvalue weighted by Crippen LogP contribution is -2.35. The fraction of sp³-hybridized carbons (Fsp3) is 0.778. The summed E-state index contributed by atoms with van der Waals surface area (Å²) in [6.07, 6.45) is -4.59. The third kappa shape index (κ3) is 2.56. The summed E-state index contributed by atoms with van der Waals surface area (Å²) in [6.45, 7) is 1.69. The van der Waals surface area contributed by atoms with Crippen LogP contribution in [0.2, 0.25) is 0 Å². The lowest BCUT2D eigenvalue weighted by atomic mass is 9.79. The second-order valence-corrected chi connectivity index (χ2v) is 3.85. The van der Waals surface area contributed by atoms with E-state index < -0.39 is 17.9 Å². The summed E-state index contributed by atoms with van der Waals surface area (Å²) in [5, 5.41) is 0. The van der Waals surface area contributed by atoms with E-state index in [-0.39, 0.29) is 24.5 Å². The maximum atomic E-state index is 12.0. The molecule has 1 saturated carbocycles. The van der Waals surface area contributed by atoms with Gasteiger partial charge in [-0.2, -0.15) is 13.2 Å². The predicted molar refractivity (Wildman–Crippen MR) is 42.6 cm³/mol. The molecule has 0 bridgehead atoms. The van der Waals surface area contributed by atoms with Crippen LogP contribution in [0.25, 0.3) is 0 Å². The molecule has 1 aliphatic carbocycles. The van der Waals surface area contributed by atoms with Crippen molar-refractivity contribution in [3.8, 4) is 0 Å². The minimum atomic E-state index is -4.80. The number of rotatable bonds is 1. The Morgan fingerprint density at radius 3 is 2.36 bits per heavy atom. The summed E-state index contributed by atoms with van der Waals surface area (Å²) in [5.74, 6) is -3.26. The molecule has 2 nitrogen and oxygen atoms in total. The van der Waals surface area contributed by atoms with Crippen molar-refractivity contribution in [2.45, 2.75) is 32.4 Å². The predicted octanol–water partition coefficient (Wildman–Crippen LogP) is 2.12. The second kappa shape index (κ2) is 3.71. The Labute approximate surface area is 79.5 Å². The molecule has 0 aromatic heterocycles. The highest BCUT2D eigenvalue weighted by atomic mass is 19.4. The molecule has 14 heavy (non-hydrogen) atoms. The van der Waals surface area contributed by atoms with E-state index in [1.54, 1.807) is 6.92 Å². The van der Waals surface area contributed by atoms with Gasteiger partial charge in [0.25, 0.3) is 0 Å². The molecule has 0 radical (unpaired) electrons. The summed E-state index contributed by atoms with van der Waals surface area (Å²) in [4.78, 5) is 21.8. The van der Waals surface area contributed by atoms with Gasteiger partial charge in [0, 0.05) is 18.8 Å². The van der Waals surface area contributed by atoms with Crippen molar-refractivity contribution < 1.29 is 22.8 Å². The van der Waals surface area contributed by atoms with Gasteiger partial charge in [-0.3, -0.25) is 9.59 Å². The Kier molecular flexibility index (Phi) is 2.97. The van der Waals surface area contributed by atoms with Crippen molar-refractivity contribution >= 4 is 11.6 Å². The molecule has 1 fully saturated rings. The molecule has 0 aromatic rings. The van der Waals surface area contributed by atoms with Crippen molar-refractivity contribution in [2.24, 2.45) is 11.8 Å². The normalized spacial score (nSPS) is 29.0. The van der Waals surface area contributed by atoms with Crippen LogP contribution in [0, 0.1) is 11.8 Å². The van der Waals surface area contributed by atoms with E-state index in [4.69, 9.17) is 0 Å². The number of ketones is 2. The molecular weight excluding hydrogens is 197 g/mol. The van der Waals surface area contributed by atoms with Crippen LogP contribution in [0.3, 0.4) is 0 Å². The molecule has 0 N–H and O–H groups in total. The average Bonchev–Trinajstić information content (AvgIpc) is 1.99. The molecular formula is C9H11F3O2. The first-order chi connectivity index (χ1) is 6.30. The summed E-state index contributed by atoms with van der Waals surface area (Å²) >= 11 is 0. The quantitative estimate of drug-likeness (QED) is 0.661. The first-order valence-electron chi connectivity index (χ1n) is 4.43. The van der Waals surface area contributed by atoms with Crippen LogP contribution in [-0.4, -0.2) is 17.7 Å². The van der Waals surface area contributed by atoms with E-state index in [0.29, 0.717) is 6.42 Å². The molecule has 0 aliphatic heterocycles. The SMILES string of the molecule is CC1CC(=O)CC(C(=O)C(F)(F)F)C1. The highest BCUT2D eigenvalue weighted by molar-refractivity contribution is 5.92. The van der Waals surface area contributed by atoms with E-state index in [1.165, 1.54) is 0 Å². The van der Waals surface area contributed by atoms with E-state index in [9.17, 15) is 22.8 Å². The Morgan fingerprint density at radius 2 is 1.93 bits per heavy atom. The van der Waals surface area contributed by atoms with Crippen LogP contribution in [0.4, 0.5) is 13.2 Å². The molecule has 1 aliphatic rings. The molecule has 2 unspecified atom stereocenters. The minimum absolute atomic E-state index is 0.118. The molecule has 0 aromatic carbocycles. The van der Waals surface area contributed by atoms with Crippen molar-refractivity contribution in [1.82, 2.24) is 0 Å². The molecule has 2 atom stereocenters. The van der Waals surface area contributed by atoms with Gasteiger partial charge in [-0.05, 0) is 12.3 Å². The van der Waals surface area contributed by atoms with Crippen molar-refractivity contribution in [3.05, 3.63) is 0 Å². The molecule has 0 saturated heterocycles. The molecule has 1 rings (SSSR count). The van der Waals surface area contributed by atoms with Crippen LogP contribution in [-0.2, 0) is 9.59 Å². The highest BCUT2D eigenvalue weighted by Gasteiger charge is 2.45. The van der Waals surface area contributed by atoms with Crippen LogP contribution >= 0.6 is 0 Å². The zero-order valence-corrected chi connectivity index (χ0v) is 7.73. The maximum Gasteiger partial charge on any atom is 0.450 e. The number of Topliss-reactive ketones (excluding diaryl/α,β-unsaturated/α-hetero) is 2. The number of hydrogen-bond donors (Lipinski definition) is 0. The largest absolute Gasteiger partial charge is 0.450 e. The fourth-order valence-corrected chi connectivity index (χ4v) is 1.83. The summed E-state index contributed by atoms with van der Waals surface area (Å²) < 4.78 is 36.1. The minimum Gasteiger partial charge on any atom is -0.300 e. The average molecular weight is 208 g/mol. The van der Waals surface area contributed by atoms with Gasteiger partial charge in [0.15, 0.2) is 0 Å². The fourth-order valence-electron chi connectivity index (χ4n) is 1.83. The van der Waals surface area contributed by atoms with E-state index in [2.05, 4.69) is 0 Å². The molecule has 0 spiro atoms. The van der Waals surface area contributed by atoms with Gasteiger partial charge in [0.05, 0.1) is 0 Å². The molecule has 0 heterocycles. The Morgan fingerprint density at radius 1 is 1.36 bits per heavy atom. The smallest absolute Gasteiger partial charge is 0.300 e. The van der Waals surface area contributed by atoms with Crippen molar-refractivity contribution in [1.29, 1.82) is 0 Å². The number of alkyl halides is 3. The third-order valence-electron chi connectivity index (χ3n) is 2.39. The number of carbonyl (C=O) groups is 2. The van der Waals surface area contributed by atoms with Crippen LogP contribution in [0.15, 0.2) is 0 Å². The lowest BCUT2D eigenvalue weighted by molar-refractivity contribution is -0.177. The van der Waals surface area contributed by atoms with Gasteiger partial charge in [0.2, 0.25) is 5.78 Å². The van der Waals surface area contributed by atoms with Crippen LogP contribution in [0.5, 0.6) is 0 Å². The van der Waals surface area contributed by atoms with Crippen LogP contribution < -0.4 is 0 Å². The number of carbonyl (C=O) groups excluding carboxylic acids is 2. The van der Waals surface area contributed by atoms with Gasteiger partial charge in [0.1, 0.15) is 5.78 Å². The highest BCUT2D eigenvalue weighted by Crippen LogP contribution is 2.32. The van der Waals surface area contributed by atoms with Crippen molar-refractivity contribution in [3.63, 3.8) is 0 Å². The Bertz CT molecular complexity index is 257. The zero-order chi connectivity index (χ0) is 10.9. The monoisotopic (exact) mass is 208 g/mol. The first-order valence-corrected chi connectivity index (χ1v) is 4.43. The Balaban J connectivity index is 2.69. The lowest BCUT2D eigenvalue weighted by Gasteiger charge is -2.25. The zero-order valence-electron chi connectivity index (χ0n) is 7.73. The topological polar surface area (TPSA) is 34.1 Å². The van der Waals surface area contributed by atoms with Gasteiger partial charge in [-0.15, -0.1) is 0 Å². The molecule has 0 amide bonds. The van der Waals surface area contributed by atoms with Gasteiger partial charge < -0.3 is 0 Å². The molecule has 5 heteroatoms. The first kappa shape index (κ1) is 11.2. The second-order valence-electron chi connectivity index (χ2n) is 3.85.